The zero-order valence-electron chi connectivity index (χ0n) is 9.69. The fraction of sp³-hybridized carbons (Fsp3) is 0.583. The van der Waals surface area contributed by atoms with Crippen LogP contribution in [0.15, 0.2) is 24.3 Å². The second-order valence-corrected chi connectivity index (χ2v) is 3.56. The van der Waals surface area contributed by atoms with E-state index in [4.69, 9.17) is 4.74 Å². The minimum absolute atomic E-state index is 0.232. The van der Waals surface area contributed by atoms with Gasteiger partial charge in [0, 0.05) is 5.92 Å². The molecule has 0 saturated heterocycles. The molecule has 86 valence electrons. The van der Waals surface area contributed by atoms with Crippen LogP contribution in [0.1, 0.15) is 27.2 Å². The number of carbonyl (C=O) groups is 1. The third kappa shape index (κ3) is 5.37. The van der Waals surface area contributed by atoms with Crippen molar-refractivity contribution in [3.05, 3.63) is 24.3 Å². The van der Waals surface area contributed by atoms with Gasteiger partial charge in [0.05, 0.1) is 6.61 Å². The highest BCUT2D eigenvalue weighted by atomic mass is 16.5. The molecule has 15 heavy (non-hydrogen) atoms. The Morgan fingerprint density at radius 1 is 1.60 bits per heavy atom. The monoisotopic (exact) mass is 212 g/mol. The van der Waals surface area contributed by atoms with Crippen LogP contribution < -0.4 is 0 Å². The van der Waals surface area contributed by atoms with Crippen LogP contribution in [-0.2, 0) is 9.53 Å². The molecule has 0 saturated carbocycles. The van der Waals surface area contributed by atoms with Crippen LogP contribution in [0, 0.1) is 5.92 Å². The van der Waals surface area contributed by atoms with Gasteiger partial charge in [-0.15, -0.1) is 6.58 Å². The van der Waals surface area contributed by atoms with Crippen molar-refractivity contribution < 1.29 is 14.6 Å². The molecule has 2 atom stereocenters. The van der Waals surface area contributed by atoms with Gasteiger partial charge in [-0.05, 0) is 20.3 Å². The van der Waals surface area contributed by atoms with E-state index in [1.165, 1.54) is 0 Å². The van der Waals surface area contributed by atoms with Crippen LogP contribution in [-0.4, -0.2) is 23.8 Å². The van der Waals surface area contributed by atoms with Crippen molar-refractivity contribution >= 4 is 5.97 Å². The van der Waals surface area contributed by atoms with Gasteiger partial charge >= 0.3 is 5.97 Å². The molecule has 0 aliphatic carbocycles. The van der Waals surface area contributed by atoms with E-state index in [1.54, 1.807) is 19.9 Å². The van der Waals surface area contributed by atoms with Gasteiger partial charge in [-0.3, -0.25) is 0 Å². The third-order valence-electron chi connectivity index (χ3n) is 2.04. The largest absolute Gasteiger partial charge is 0.464 e. The van der Waals surface area contributed by atoms with E-state index in [-0.39, 0.29) is 12.5 Å². The number of rotatable bonds is 6. The Kier molecular flexibility index (Phi) is 6.71. The molecule has 0 aromatic heterocycles. The fourth-order valence-corrected chi connectivity index (χ4v) is 1.28. The van der Waals surface area contributed by atoms with Crippen molar-refractivity contribution in [3.8, 4) is 0 Å². The highest BCUT2D eigenvalue weighted by Gasteiger charge is 2.21. The van der Waals surface area contributed by atoms with Gasteiger partial charge in [0.25, 0.3) is 0 Å². The Balaban J connectivity index is 4.30. The van der Waals surface area contributed by atoms with E-state index in [9.17, 15) is 9.90 Å². The highest BCUT2D eigenvalue weighted by molar-refractivity contribution is 5.75. The minimum Gasteiger partial charge on any atom is -0.464 e. The maximum absolute atomic E-state index is 11.2. The van der Waals surface area contributed by atoms with E-state index >= 15 is 0 Å². The first-order valence-corrected chi connectivity index (χ1v) is 5.15. The van der Waals surface area contributed by atoms with Gasteiger partial charge in [0.1, 0.15) is 0 Å². The molecule has 0 aromatic rings. The van der Waals surface area contributed by atoms with Crippen molar-refractivity contribution in [1.29, 1.82) is 0 Å². The Hall–Kier alpha value is -1.09. The Bertz CT molecular complexity index is 243. The van der Waals surface area contributed by atoms with Crippen LogP contribution in [0.25, 0.3) is 0 Å². The lowest BCUT2D eigenvalue weighted by Crippen LogP contribution is -2.28. The summed E-state index contributed by atoms with van der Waals surface area (Å²) in [5.74, 6) is -0.795. The number of hydrogen-bond acceptors (Lipinski definition) is 3. The molecule has 0 unspecified atom stereocenters. The van der Waals surface area contributed by atoms with Gasteiger partial charge in [-0.1, -0.05) is 24.6 Å². The first-order chi connectivity index (χ1) is 7.02. The summed E-state index contributed by atoms with van der Waals surface area (Å²) in [5, 5.41) is 9.59. The fourth-order valence-electron chi connectivity index (χ4n) is 1.28. The predicted molar refractivity (Wildman–Crippen MR) is 60.4 cm³/mol. The lowest BCUT2D eigenvalue weighted by atomic mass is 10.0. The maximum Gasteiger partial charge on any atom is 0.335 e. The summed E-state index contributed by atoms with van der Waals surface area (Å²) < 4.78 is 4.73. The van der Waals surface area contributed by atoms with Gasteiger partial charge in [-0.2, -0.15) is 0 Å². The molecule has 1 N–H and O–H groups in total. The van der Waals surface area contributed by atoms with Crippen molar-refractivity contribution in [2.75, 3.05) is 6.61 Å². The molecule has 0 amide bonds. The second-order valence-electron chi connectivity index (χ2n) is 3.56. The molecule has 3 nitrogen and oxygen atoms in total. The lowest BCUT2D eigenvalue weighted by molar-refractivity contribution is -0.154. The van der Waals surface area contributed by atoms with Gasteiger partial charge in [0.15, 0.2) is 6.10 Å². The van der Waals surface area contributed by atoms with E-state index in [2.05, 4.69) is 6.58 Å². The quantitative estimate of drug-likeness (QED) is 0.541. The normalized spacial score (nSPS) is 15.6. The van der Waals surface area contributed by atoms with Gasteiger partial charge in [0.2, 0.25) is 0 Å². The summed E-state index contributed by atoms with van der Waals surface area (Å²) in [6, 6.07) is 0. The Morgan fingerprint density at radius 2 is 2.20 bits per heavy atom. The van der Waals surface area contributed by atoms with Crippen LogP contribution in [0.4, 0.5) is 0 Å². The van der Waals surface area contributed by atoms with E-state index in [0.29, 0.717) is 0 Å². The zero-order valence-corrected chi connectivity index (χ0v) is 9.69. The average Bonchev–Trinajstić information content (AvgIpc) is 2.17. The van der Waals surface area contributed by atoms with Crippen molar-refractivity contribution in [1.82, 2.24) is 0 Å². The van der Waals surface area contributed by atoms with Crippen LogP contribution in [0.5, 0.6) is 0 Å². The summed E-state index contributed by atoms with van der Waals surface area (Å²) in [6.45, 7) is 9.35. The number of esters is 1. The maximum atomic E-state index is 11.2. The van der Waals surface area contributed by atoms with E-state index in [1.807, 2.05) is 13.0 Å². The molecule has 0 bridgehead atoms. The summed E-state index contributed by atoms with van der Waals surface area (Å²) in [6.07, 6.45) is 3.34. The van der Waals surface area contributed by atoms with Crippen molar-refractivity contribution in [2.45, 2.75) is 33.3 Å². The molecular weight excluding hydrogens is 192 g/mol. The minimum atomic E-state index is -1.08. The van der Waals surface area contributed by atoms with E-state index < -0.39 is 12.1 Å². The van der Waals surface area contributed by atoms with E-state index in [0.717, 1.165) is 12.0 Å². The average molecular weight is 212 g/mol. The number of allylic oxidation sites excluding steroid dienone is 2. The predicted octanol–water partition coefficient (Wildman–Crippen LogP) is 2.07. The van der Waals surface area contributed by atoms with Crippen molar-refractivity contribution in [3.63, 3.8) is 0 Å². The SMILES string of the molecule is C=CCC(C)=C[C@H](C)[C@H](O)C(=O)OCC. The number of ether oxygens (including phenoxy) is 1. The second kappa shape index (κ2) is 7.23. The summed E-state index contributed by atoms with van der Waals surface area (Å²) >= 11 is 0. The summed E-state index contributed by atoms with van der Waals surface area (Å²) in [7, 11) is 0. The molecule has 0 heterocycles. The molecule has 0 aromatic carbocycles. The standard InChI is InChI=1S/C12H20O3/c1-5-7-9(3)8-10(4)11(13)12(14)15-6-2/h5,8,10-11,13H,1,6-7H2,2-4H3/t10-,11-/m0/s1. The molecule has 0 radical (unpaired) electrons. The van der Waals surface area contributed by atoms with Crippen LogP contribution in [0.2, 0.25) is 0 Å². The number of hydrogen-bond donors (Lipinski definition) is 1. The van der Waals surface area contributed by atoms with Crippen LogP contribution >= 0.6 is 0 Å². The summed E-state index contributed by atoms with van der Waals surface area (Å²) in [5.41, 5.74) is 1.08. The topological polar surface area (TPSA) is 46.5 Å². The van der Waals surface area contributed by atoms with Gasteiger partial charge in [-0.25, -0.2) is 4.79 Å². The molecule has 0 fully saturated rings. The molecule has 0 spiro atoms. The molecule has 0 aliphatic rings. The van der Waals surface area contributed by atoms with Gasteiger partial charge < -0.3 is 9.84 Å². The first kappa shape index (κ1) is 13.9. The Morgan fingerprint density at radius 3 is 2.67 bits per heavy atom. The summed E-state index contributed by atoms with van der Waals surface area (Å²) in [4.78, 5) is 11.2. The molecule has 0 aliphatic heterocycles. The third-order valence-corrected chi connectivity index (χ3v) is 2.04. The number of aliphatic hydroxyl groups excluding tert-OH is 1. The molecule has 0 rings (SSSR count). The lowest BCUT2D eigenvalue weighted by Gasteiger charge is -2.14. The smallest absolute Gasteiger partial charge is 0.335 e. The molecular formula is C12H20O3. The van der Waals surface area contributed by atoms with Crippen molar-refractivity contribution in [2.24, 2.45) is 5.92 Å². The highest BCUT2D eigenvalue weighted by Crippen LogP contribution is 2.12. The number of aliphatic hydroxyl groups is 1. The first-order valence-electron chi connectivity index (χ1n) is 5.15. The van der Waals surface area contributed by atoms with Crippen LogP contribution in [0.3, 0.4) is 0 Å². The number of carbonyl (C=O) groups excluding carboxylic acids is 1. The Labute approximate surface area is 91.4 Å². The zero-order chi connectivity index (χ0) is 11.8. The molecule has 3 heteroatoms.